The third kappa shape index (κ3) is 3.94. The molecule has 2 aromatic carbocycles. The number of aromatic nitrogens is 1. The Labute approximate surface area is 138 Å². The van der Waals surface area contributed by atoms with Crippen LogP contribution >= 0.6 is 23.7 Å². The van der Waals surface area contributed by atoms with Gasteiger partial charge in [0.1, 0.15) is 5.82 Å². The fraction of sp³-hybridized carbons (Fsp3) is 0.188. The molecular weight excluding hydrogens is 323 g/mol. The predicted molar refractivity (Wildman–Crippen MR) is 90.4 cm³/mol. The first-order chi connectivity index (χ1) is 10.2. The van der Waals surface area contributed by atoms with E-state index in [1.54, 1.807) is 30.6 Å². The number of thiazole rings is 1. The van der Waals surface area contributed by atoms with Gasteiger partial charge in [-0.1, -0.05) is 29.5 Å². The maximum atomic E-state index is 12.8. The molecule has 22 heavy (non-hydrogen) atoms. The highest BCUT2D eigenvalue weighted by Gasteiger charge is 2.04. The van der Waals surface area contributed by atoms with Crippen molar-refractivity contribution in [1.82, 2.24) is 10.3 Å². The van der Waals surface area contributed by atoms with Crippen molar-refractivity contribution in [1.29, 1.82) is 0 Å². The molecule has 0 bridgehead atoms. The number of hydrogen-bond acceptors (Lipinski definition) is 4. The summed E-state index contributed by atoms with van der Waals surface area (Å²) in [5, 5.41) is 4.04. The van der Waals surface area contributed by atoms with Crippen LogP contribution in [-0.2, 0) is 13.1 Å². The first kappa shape index (κ1) is 16.7. The summed E-state index contributed by atoms with van der Waals surface area (Å²) in [5.41, 5.74) is 3.21. The molecule has 3 nitrogen and oxygen atoms in total. The predicted octanol–water partition coefficient (Wildman–Crippen LogP) is 4.16. The molecule has 1 aromatic heterocycles. The van der Waals surface area contributed by atoms with Gasteiger partial charge in [0.05, 0.1) is 17.3 Å². The number of methoxy groups -OCH3 is 1. The molecule has 0 saturated heterocycles. The third-order valence-electron chi connectivity index (χ3n) is 3.18. The summed E-state index contributed by atoms with van der Waals surface area (Å²) in [4.78, 5) is 4.35. The zero-order valence-corrected chi connectivity index (χ0v) is 13.6. The van der Waals surface area contributed by atoms with Crippen molar-refractivity contribution in [3.8, 4) is 5.19 Å². The lowest BCUT2D eigenvalue weighted by atomic mass is 10.2. The van der Waals surface area contributed by atoms with E-state index in [0.29, 0.717) is 11.7 Å². The van der Waals surface area contributed by atoms with Gasteiger partial charge in [-0.25, -0.2) is 9.37 Å². The molecule has 0 radical (unpaired) electrons. The summed E-state index contributed by atoms with van der Waals surface area (Å²) in [6.07, 6.45) is 0. The lowest BCUT2D eigenvalue weighted by molar-refractivity contribution is 0.413. The topological polar surface area (TPSA) is 34.1 Å². The molecule has 0 saturated carbocycles. The summed E-state index contributed by atoms with van der Waals surface area (Å²) in [6, 6.07) is 12.7. The number of fused-ring (bicyclic) bond motifs is 1. The van der Waals surface area contributed by atoms with E-state index in [-0.39, 0.29) is 18.2 Å². The van der Waals surface area contributed by atoms with Crippen LogP contribution in [0.4, 0.5) is 4.39 Å². The maximum absolute atomic E-state index is 12.8. The normalized spacial score (nSPS) is 10.5. The SMILES string of the molecule is COc1nc2ccc(CNCc3ccc(F)cc3)cc2s1.Cl. The van der Waals surface area contributed by atoms with Crippen molar-refractivity contribution < 1.29 is 9.13 Å². The summed E-state index contributed by atoms with van der Waals surface area (Å²) < 4.78 is 19.1. The zero-order valence-electron chi connectivity index (χ0n) is 12.0. The Morgan fingerprint density at radius 2 is 1.77 bits per heavy atom. The molecular formula is C16H16ClFN2OS. The number of hydrogen-bond donors (Lipinski definition) is 1. The van der Waals surface area contributed by atoms with Crippen LogP contribution in [0, 0.1) is 5.82 Å². The van der Waals surface area contributed by atoms with Crippen molar-refractivity contribution in [2.75, 3.05) is 7.11 Å². The molecule has 3 rings (SSSR count). The van der Waals surface area contributed by atoms with E-state index < -0.39 is 0 Å². The minimum atomic E-state index is -0.205. The van der Waals surface area contributed by atoms with Crippen LogP contribution in [0.25, 0.3) is 10.2 Å². The zero-order chi connectivity index (χ0) is 14.7. The van der Waals surface area contributed by atoms with Gasteiger partial charge < -0.3 is 10.1 Å². The van der Waals surface area contributed by atoms with Crippen LogP contribution in [0.3, 0.4) is 0 Å². The Bertz CT molecular complexity index is 745. The molecule has 116 valence electrons. The van der Waals surface area contributed by atoms with E-state index in [1.807, 2.05) is 6.07 Å². The molecule has 0 unspecified atom stereocenters. The van der Waals surface area contributed by atoms with Gasteiger partial charge in [-0.3, -0.25) is 0 Å². The summed E-state index contributed by atoms with van der Waals surface area (Å²) >= 11 is 1.54. The minimum absolute atomic E-state index is 0. The second kappa shape index (κ2) is 7.54. The van der Waals surface area contributed by atoms with Gasteiger partial charge in [-0.05, 0) is 35.4 Å². The Morgan fingerprint density at radius 1 is 1.09 bits per heavy atom. The molecule has 0 spiro atoms. The molecule has 0 aliphatic heterocycles. The molecule has 6 heteroatoms. The van der Waals surface area contributed by atoms with E-state index in [0.717, 1.165) is 22.3 Å². The highest BCUT2D eigenvalue weighted by Crippen LogP contribution is 2.28. The molecule has 0 fully saturated rings. The van der Waals surface area contributed by atoms with Crippen LogP contribution in [0.15, 0.2) is 42.5 Å². The van der Waals surface area contributed by atoms with Gasteiger partial charge in [-0.15, -0.1) is 12.4 Å². The van der Waals surface area contributed by atoms with Gasteiger partial charge in [0.25, 0.3) is 5.19 Å². The lowest BCUT2D eigenvalue weighted by Gasteiger charge is -2.05. The van der Waals surface area contributed by atoms with Crippen LogP contribution in [-0.4, -0.2) is 12.1 Å². The number of rotatable bonds is 5. The fourth-order valence-electron chi connectivity index (χ4n) is 2.10. The molecule has 0 aliphatic rings. The summed E-state index contributed by atoms with van der Waals surface area (Å²) in [6.45, 7) is 1.47. The van der Waals surface area contributed by atoms with Gasteiger partial charge >= 0.3 is 0 Å². The number of benzene rings is 2. The molecule has 0 atom stereocenters. The van der Waals surface area contributed by atoms with Gasteiger partial charge in [0.15, 0.2) is 0 Å². The smallest absolute Gasteiger partial charge is 0.274 e. The monoisotopic (exact) mass is 338 g/mol. The average molecular weight is 339 g/mol. The number of nitrogens with one attached hydrogen (secondary N) is 1. The van der Waals surface area contributed by atoms with Crippen LogP contribution in [0.2, 0.25) is 0 Å². The van der Waals surface area contributed by atoms with Crippen molar-refractivity contribution >= 4 is 34.0 Å². The summed E-state index contributed by atoms with van der Waals surface area (Å²) in [5.74, 6) is -0.205. The van der Waals surface area contributed by atoms with Crippen molar-refractivity contribution in [3.63, 3.8) is 0 Å². The number of ether oxygens (including phenoxy) is 1. The van der Waals surface area contributed by atoms with E-state index in [9.17, 15) is 4.39 Å². The Balaban J connectivity index is 0.00000176. The van der Waals surface area contributed by atoms with Crippen LogP contribution in [0.5, 0.6) is 5.19 Å². The van der Waals surface area contributed by atoms with Crippen LogP contribution in [0.1, 0.15) is 11.1 Å². The molecule has 1 heterocycles. The van der Waals surface area contributed by atoms with Gasteiger partial charge in [-0.2, -0.15) is 0 Å². The summed E-state index contributed by atoms with van der Waals surface area (Å²) in [7, 11) is 1.63. The molecule has 1 N–H and O–H groups in total. The Morgan fingerprint density at radius 3 is 2.50 bits per heavy atom. The first-order valence-electron chi connectivity index (χ1n) is 6.63. The Hall–Kier alpha value is -1.69. The highest BCUT2D eigenvalue weighted by molar-refractivity contribution is 7.20. The molecule has 0 aliphatic carbocycles. The lowest BCUT2D eigenvalue weighted by Crippen LogP contribution is -2.12. The standard InChI is InChI=1S/C16H15FN2OS.ClH/c1-20-16-19-14-7-4-12(8-15(14)21-16)10-18-9-11-2-5-13(17)6-3-11;/h2-8,18H,9-10H2,1H3;1H. The molecule has 0 amide bonds. The van der Waals surface area contributed by atoms with E-state index in [4.69, 9.17) is 4.74 Å². The highest BCUT2D eigenvalue weighted by atomic mass is 35.5. The second-order valence-electron chi connectivity index (χ2n) is 4.72. The van der Waals surface area contributed by atoms with E-state index >= 15 is 0 Å². The van der Waals surface area contributed by atoms with Crippen LogP contribution < -0.4 is 10.1 Å². The maximum Gasteiger partial charge on any atom is 0.274 e. The largest absolute Gasteiger partial charge is 0.473 e. The van der Waals surface area contributed by atoms with Crippen molar-refractivity contribution in [2.45, 2.75) is 13.1 Å². The first-order valence-corrected chi connectivity index (χ1v) is 7.45. The van der Waals surface area contributed by atoms with Crippen molar-refractivity contribution in [2.24, 2.45) is 0 Å². The molecule has 3 aromatic rings. The quantitative estimate of drug-likeness (QED) is 0.758. The fourth-order valence-corrected chi connectivity index (χ4v) is 2.94. The number of halogens is 2. The van der Waals surface area contributed by atoms with Crippen molar-refractivity contribution in [3.05, 3.63) is 59.4 Å². The second-order valence-corrected chi connectivity index (χ2v) is 5.71. The van der Waals surface area contributed by atoms with E-state index in [2.05, 4.69) is 22.4 Å². The number of nitrogens with zero attached hydrogens (tertiary/aromatic N) is 1. The minimum Gasteiger partial charge on any atom is -0.473 e. The Kier molecular flexibility index (Phi) is 5.71. The third-order valence-corrected chi connectivity index (χ3v) is 4.16. The van der Waals surface area contributed by atoms with E-state index in [1.165, 1.54) is 17.7 Å². The average Bonchev–Trinajstić information content (AvgIpc) is 2.91. The van der Waals surface area contributed by atoms with Gasteiger partial charge in [0.2, 0.25) is 0 Å². The van der Waals surface area contributed by atoms with Gasteiger partial charge in [0, 0.05) is 13.1 Å².